The highest BCUT2D eigenvalue weighted by Gasteiger charge is 2.20. The van der Waals surface area contributed by atoms with Crippen molar-refractivity contribution < 1.29 is 4.74 Å². The molecule has 2 rings (SSSR count). The Morgan fingerprint density at radius 2 is 2.14 bits per heavy atom. The van der Waals surface area contributed by atoms with Gasteiger partial charge in [-0.1, -0.05) is 23.7 Å². The van der Waals surface area contributed by atoms with E-state index in [0.717, 1.165) is 24.6 Å². The first-order chi connectivity index (χ1) is 10.2. The fourth-order valence-corrected chi connectivity index (χ4v) is 3.34. The van der Waals surface area contributed by atoms with Crippen molar-refractivity contribution in [2.75, 3.05) is 40.4 Å². The van der Waals surface area contributed by atoms with E-state index in [1.807, 2.05) is 19.2 Å². The third-order valence-electron chi connectivity index (χ3n) is 4.36. The molecule has 0 bridgehead atoms. The van der Waals surface area contributed by atoms with Gasteiger partial charge in [0.05, 0.1) is 6.61 Å². The predicted molar refractivity (Wildman–Crippen MR) is 88.9 cm³/mol. The van der Waals surface area contributed by atoms with Crippen LogP contribution in [0.5, 0.6) is 0 Å². The molecule has 1 saturated heterocycles. The van der Waals surface area contributed by atoms with Crippen LogP contribution in [0.3, 0.4) is 0 Å². The Labute approximate surface area is 133 Å². The first-order valence-corrected chi connectivity index (χ1v) is 8.24. The van der Waals surface area contributed by atoms with E-state index in [0.29, 0.717) is 12.0 Å². The average Bonchev–Trinajstić information content (AvgIpc) is 2.50. The Kier molecular flexibility index (Phi) is 6.97. The third kappa shape index (κ3) is 5.26. The molecule has 4 heteroatoms. The first kappa shape index (κ1) is 16.8. The van der Waals surface area contributed by atoms with Gasteiger partial charge in [-0.25, -0.2) is 0 Å². The Morgan fingerprint density at radius 1 is 1.38 bits per heavy atom. The lowest BCUT2D eigenvalue weighted by Gasteiger charge is -2.33. The summed E-state index contributed by atoms with van der Waals surface area (Å²) in [5.74, 6) is 0.701. The van der Waals surface area contributed by atoms with Crippen LogP contribution in [0.25, 0.3) is 0 Å². The van der Waals surface area contributed by atoms with Gasteiger partial charge >= 0.3 is 0 Å². The molecule has 0 aromatic heterocycles. The molecule has 0 amide bonds. The second kappa shape index (κ2) is 8.74. The number of halogens is 1. The summed E-state index contributed by atoms with van der Waals surface area (Å²) >= 11 is 5.96. The minimum atomic E-state index is 0.394. The molecule has 1 heterocycles. The van der Waals surface area contributed by atoms with E-state index in [1.165, 1.54) is 31.5 Å². The van der Waals surface area contributed by atoms with Crippen molar-refractivity contribution in [3.63, 3.8) is 0 Å². The van der Waals surface area contributed by atoms with Crippen LogP contribution in [0.1, 0.15) is 30.9 Å². The zero-order valence-corrected chi connectivity index (χ0v) is 13.9. The fraction of sp³-hybridized carbons (Fsp3) is 0.647. The molecule has 2 atom stereocenters. The van der Waals surface area contributed by atoms with Crippen LogP contribution in [-0.2, 0) is 4.74 Å². The summed E-state index contributed by atoms with van der Waals surface area (Å²) in [5, 5.41) is 4.22. The highest BCUT2D eigenvalue weighted by Crippen LogP contribution is 2.22. The maximum atomic E-state index is 5.96. The molecule has 0 aliphatic carbocycles. The van der Waals surface area contributed by atoms with Crippen molar-refractivity contribution in [2.24, 2.45) is 5.92 Å². The van der Waals surface area contributed by atoms with Gasteiger partial charge in [-0.2, -0.15) is 0 Å². The smallest absolute Gasteiger partial charge is 0.0502 e. The molecule has 1 N–H and O–H groups in total. The van der Waals surface area contributed by atoms with Gasteiger partial charge < -0.3 is 15.0 Å². The summed E-state index contributed by atoms with van der Waals surface area (Å²) in [5.41, 5.74) is 1.31. The fourth-order valence-electron chi connectivity index (χ4n) is 3.21. The summed E-state index contributed by atoms with van der Waals surface area (Å²) in [6, 6.07) is 8.57. The molecule has 0 radical (unpaired) electrons. The monoisotopic (exact) mass is 310 g/mol. The molecule has 1 aliphatic rings. The van der Waals surface area contributed by atoms with Gasteiger partial charge in [-0.3, -0.25) is 0 Å². The highest BCUT2D eigenvalue weighted by atomic mass is 35.5. The molecule has 1 aromatic rings. The summed E-state index contributed by atoms with van der Waals surface area (Å²) in [7, 11) is 3.83. The minimum absolute atomic E-state index is 0.394. The number of rotatable bonds is 7. The van der Waals surface area contributed by atoms with E-state index >= 15 is 0 Å². The molecule has 0 saturated carbocycles. The maximum Gasteiger partial charge on any atom is 0.0502 e. The number of hydrogen-bond acceptors (Lipinski definition) is 3. The third-order valence-corrected chi connectivity index (χ3v) is 4.61. The van der Waals surface area contributed by atoms with Crippen molar-refractivity contribution in [3.05, 3.63) is 34.9 Å². The minimum Gasteiger partial charge on any atom is -0.384 e. The summed E-state index contributed by atoms with van der Waals surface area (Å²) in [6.07, 6.45) is 3.72. The molecule has 1 aromatic carbocycles. The average molecular weight is 311 g/mol. The SMILES string of the molecule is CNC(CCN1CCCC(COC)C1)c1ccc(Cl)cc1. The topological polar surface area (TPSA) is 24.5 Å². The summed E-state index contributed by atoms with van der Waals surface area (Å²) in [6.45, 7) is 4.42. The van der Waals surface area contributed by atoms with Crippen molar-refractivity contribution in [1.82, 2.24) is 10.2 Å². The number of benzene rings is 1. The van der Waals surface area contributed by atoms with E-state index in [4.69, 9.17) is 16.3 Å². The lowest BCUT2D eigenvalue weighted by molar-refractivity contribution is 0.0887. The number of hydrogen-bond donors (Lipinski definition) is 1. The molecular formula is C17H27ClN2O. The van der Waals surface area contributed by atoms with Crippen LogP contribution >= 0.6 is 11.6 Å². The molecule has 21 heavy (non-hydrogen) atoms. The van der Waals surface area contributed by atoms with Gasteiger partial charge in [-0.05, 0) is 63.0 Å². The summed E-state index contributed by atoms with van der Waals surface area (Å²) < 4.78 is 5.31. The number of methoxy groups -OCH3 is 1. The maximum absolute atomic E-state index is 5.96. The van der Waals surface area contributed by atoms with Gasteiger partial charge in [0.1, 0.15) is 0 Å². The standard InChI is InChI=1S/C17H27ClN2O/c1-19-17(15-5-7-16(18)8-6-15)9-11-20-10-3-4-14(12-20)13-21-2/h5-8,14,17,19H,3-4,9-13H2,1-2H3. The van der Waals surface area contributed by atoms with Crippen molar-refractivity contribution in [3.8, 4) is 0 Å². The van der Waals surface area contributed by atoms with Gasteiger partial charge in [-0.15, -0.1) is 0 Å². The van der Waals surface area contributed by atoms with Crippen LogP contribution in [0.2, 0.25) is 5.02 Å². The Morgan fingerprint density at radius 3 is 2.81 bits per heavy atom. The Bertz CT molecular complexity index is 408. The highest BCUT2D eigenvalue weighted by molar-refractivity contribution is 6.30. The second-order valence-corrected chi connectivity index (χ2v) is 6.38. The van der Waals surface area contributed by atoms with Gasteiger partial charge in [0.25, 0.3) is 0 Å². The molecule has 3 nitrogen and oxygen atoms in total. The van der Waals surface area contributed by atoms with Crippen LogP contribution in [0.4, 0.5) is 0 Å². The number of nitrogens with one attached hydrogen (secondary N) is 1. The Hall–Kier alpha value is -0.610. The predicted octanol–water partition coefficient (Wildman–Crippen LogP) is 3.35. The van der Waals surface area contributed by atoms with Crippen LogP contribution in [-0.4, -0.2) is 45.3 Å². The van der Waals surface area contributed by atoms with Crippen LogP contribution in [0, 0.1) is 5.92 Å². The van der Waals surface area contributed by atoms with E-state index in [2.05, 4.69) is 22.3 Å². The van der Waals surface area contributed by atoms with Gasteiger partial charge in [0, 0.05) is 24.7 Å². The zero-order chi connectivity index (χ0) is 15.1. The van der Waals surface area contributed by atoms with Crippen molar-refractivity contribution >= 4 is 11.6 Å². The number of likely N-dealkylation sites (tertiary alicyclic amines) is 1. The normalized spacial score (nSPS) is 21.4. The van der Waals surface area contributed by atoms with Crippen LogP contribution < -0.4 is 5.32 Å². The van der Waals surface area contributed by atoms with Crippen molar-refractivity contribution in [2.45, 2.75) is 25.3 Å². The quantitative estimate of drug-likeness (QED) is 0.836. The van der Waals surface area contributed by atoms with Crippen molar-refractivity contribution in [1.29, 1.82) is 0 Å². The van der Waals surface area contributed by atoms with Gasteiger partial charge in [0.2, 0.25) is 0 Å². The lowest BCUT2D eigenvalue weighted by atomic mass is 9.97. The number of piperidine rings is 1. The van der Waals surface area contributed by atoms with E-state index < -0.39 is 0 Å². The summed E-state index contributed by atoms with van der Waals surface area (Å²) in [4.78, 5) is 2.58. The molecule has 2 unspecified atom stereocenters. The molecule has 1 aliphatic heterocycles. The zero-order valence-electron chi connectivity index (χ0n) is 13.1. The van der Waals surface area contributed by atoms with E-state index in [1.54, 1.807) is 7.11 Å². The lowest BCUT2D eigenvalue weighted by Crippen LogP contribution is -2.38. The Balaban J connectivity index is 1.83. The van der Waals surface area contributed by atoms with Crippen LogP contribution in [0.15, 0.2) is 24.3 Å². The second-order valence-electron chi connectivity index (χ2n) is 5.95. The molecule has 0 spiro atoms. The molecule has 118 valence electrons. The molecule has 1 fully saturated rings. The first-order valence-electron chi connectivity index (χ1n) is 7.87. The molecular weight excluding hydrogens is 284 g/mol. The number of nitrogens with zero attached hydrogens (tertiary/aromatic N) is 1. The van der Waals surface area contributed by atoms with Gasteiger partial charge in [0.15, 0.2) is 0 Å². The number of ether oxygens (including phenoxy) is 1. The van der Waals surface area contributed by atoms with E-state index in [-0.39, 0.29) is 0 Å². The largest absolute Gasteiger partial charge is 0.384 e. The van der Waals surface area contributed by atoms with E-state index in [9.17, 15) is 0 Å².